The van der Waals surface area contributed by atoms with Crippen molar-refractivity contribution < 1.29 is 22.7 Å². The predicted octanol–water partition coefficient (Wildman–Crippen LogP) is 1.27. The fraction of sp³-hybridized carbons (Fsp3) is 0.300. The zero-order valence-electron chi connectivity index (χ0n) is 16.2. The topological polar surface area (TPSA) is 124 Å². The minimum Gasteiger partial charge on any atom is -0.376 e. The Hall–Kier alpha value is -3.18. The lowest BCUT2D eigenvalue weighted by atomic mass is 9.92. The van der Waals surface area contributed by atoms with E-state index in [2.05, 4.69) is 16.0 Å². The number of carbonyl (C=O) groups is 1. The van der Waals surface area contributed by atoms with E-state index in [1.807, 2.05) is 0 Å². The van der Waals surface area contributed by atoms with Crippen molar-refractivity contribution in [2.75, 3.05) is 5.32 Å². The van der Waals surface area contributed by atoms with Gasteiger partial charge in [-0.25, -0.2) is 17.5 Å². The van der Waals surface area contributed by atoms with Crippen LogP contribution in [0, 0.1) is 29.5 Å². The van der Waals surface area contributed by atoms with Crippen molar-refractivity contribution in [1.82, 2.24) is 9.29 Å². The summed E-state index contributed by atoms with van der Waals surface area (Å²) in [4.78, 5) is 12.8. The number of rotatable bonds is 3. The minimum atomic E-state index is -4.04. The van der Waals surface area contributed by atoms with Crippen LogP contribution in [-0.4, -0.2) is 35.6 Å². The molecule has 8 nitrogen and oxygen atoms in total. The number of carbonyl (C=O) groups excluding carboxylic acids is 1. The number of hydrogen-bond acceptors (Lipinski definition) is 5. The fourth-order valence-corrected chi connectivity index (χ4v) is 5.06. The highest BCUT2D eigenvalue weighted by atomic mass is 32.2. The first-order valence-electron chi connectivity index (χ1n) is 8.92. The molecule has 0 spiro atoms. The Morgan fingerprint density at radius 3 is 2.83 bits per heavy atom. The second-order valence-electron chi connectivity index (χ2n) is 7.20. The van der Waals surface area contributed by atoms with Crippen molar-refractivity contribution in [3.05, 3.63) is 47.0 Å². The first-order valence-corrected chi connectivity index (χ1v) is 10.4. The van der Waals surface area contributed by atoms with Crippen molar-refractivity contribution >= 4 is 21.6 Å². The van der Waals surface area contributed by atoms with Crippen molar-refractivity contribution in [2.45, 2.75) is 36.3 Å². The van der Waals surface area contributed by atoms with Gasteiger partial charge in [0.15, 0.2) is 0 Å². The molecule has 0 saturated heterocycles. The lowest BCUT2D eigenvalue weighted by Crippen LogP contribution is -2.49. The third kappa shape index (κ3) is 3.81. The Labute approximate surface area is 173 Å². The highest BCUT2D eigenvalue weighted by molar-refractivity contribution is 7.89. The highest BCUT2D eigenvalue weighted by Crippen LogP contribution is 2.30. The van der Waals surface area contributed by atoms with Crippen LogP contribution in [0.4, 0.5) is 10.1 Å². The van der Waals surface area contributed by atoms with Gasteiger partial charge in [-0.05, 0) is 38.0 Å². The van der Waals surface area contributed by atoms with Crippen molar-refractivity contribution in [3.8, 4) is 18.4 Å². The molecule has 0 bridgehead atoms. The summed E-state index contributed by atoms with van der Waals surface area (Å²) in [5, 5.41) is 21.8. The lowest BCUT2D eigenvalue weighted by molar-refractivity contribution is 0.0827. The average Bonchev–Trinajstić information content (AvgIpc) is 2.97. The molecule has 1 amide bonds. The number of aromatic nitrogens is 1. The number of anilines is 1. The summed E-state index contributed by atoms with van der Waals surface area (Å²) in [5.41, 5.74) is -1.37. The lowest BCUT2D eigenvalue weighted by Gasteiger charge is -2.27. The third-order valence-corrected chi connectivity index (χ3v) is 6.57. The van der Waals surface area contributed by atoms with E-state index in [0.717, 1.165) is 6.07 Å². The molecule has 1 aromatic carbocycles. The zero-order valence-corrected chi connectivity index (χ0v) is 17.0. The van der Waals surface area contributed by atoms with Crippen molar-refractivity contribution in [3.63, 3.8) is 0 Å². The van der Waals surface area contributed by atoms with E-state index in [-0.39, 0.29) is 40.2 Å². The molecule has 0 saturated carbocycles. The molecule has 1 aromatic heterocycles. The molecule has 3 N–H and O–H groups in total. The van der Waals surface area contributed by atoms with E-state index >= 15 is 0 Å². The Bertz CT molecular complexity index is 1220. The molecule has 0 fully saturated rings. The fourth-order valence-electron chi connectivity index (χ4n) is 3.39. The summed E-state index contributed by atoms with van der Waals surface area (Å²) in [6, 6.07) is 4.30. The van der Waals surface area contributed by atoms with Crippen LogP contribution < -0.4 is 10.0 Å². The van der Waals surface area contributed by atoms with Gasteiger partial charge in [0.1, 0.15) is 28.1 Å². The van der Waals surface area contributed by atoms with Gasteiger partial charge in [0, 0.05) is 24.5 Å². The maximum absolute atomic E-state index is 13.5. The van der Waals surface area contributed by atoms with Crippen LogP contribution in [0.1, 0.15) is 35.0 Å². The summed E-state index contributed by atoms with van der Waals surface area (Å²) in [7, 11) is -2.52. The Morgan fingerprint density at radius 2 is 2.20 bits per heavy atom. The maximum atomic E-state index is 13.5. The van der Waals surface area contributed by atoms with Crippen LogP contribution in [0.25, 0.3) is 0 Å². The quantitative estimate of drug-likeness (QED) is 0.633. The molecule has 1 unspecified atom stereocenters. The first-order chi connectivity index (χ1) is 14.0. The number of nitrogens with one attached hydrogen (secondary N) is 2. The van der Waals surface area contributed by atoms with Gasteiger partial charge in [-0.1, -0.05) is 5.92 Å². The highest BCUT2D eigenvalue weighted by Gasteiger charge is 2.39. The molecule has 1 aliphatic rings. The van der Waals surface area contributed by atoms with E-state index in [1.54, 1.807) is 6.07 Å². The van der Waals surface area contributed by atoms with Crippen LogP contribution in [0.2, 0.25) is 0 Å². The molecule has 2 atom stereocenters. The number of nitrogens with zero attached hydrogens (tertiary/aromatic N) is 2. The van der Waals surface area contributed by atoms with Crippen molar-refractivity contribution in [2.24, 2.45) is 7.05 Å². The molecule has 0 radical (unpaired) electrons. The number of terminal acetylenes is 1. The smallest absolute Gasteiger partial charge is 0.272 e. The SMILES string of the molecule is C#CC(C)(O)[C@H]1CCc2c(cn(C)c2C(=O)Nc2ccc(F)c(C#N)c2)S(=O)(=O)N1. The van der Waals surface area contributed by atoms with Gasteiger partial charge >= 0.3 is 0 Å². The Kier molecular flexibility index (Phi) is 5.44. The minimum absolute atomic E-state index is 0.0812. The van der Waals surface area contributed by atoms with Crippen molar-refractivity contribution in [1.29, 1.82) is 5.26 Å². The largest absolute Gasteiger partial charge is 0.376 e. The molecule has 2 aromatic rings. The number of hydrogen-bond donors (Lipinski definition) is 3. The predicted molar refractivity (Wildman–Crippen MR) is 106 cm³/mol. The van der Waals surface area contributed by atoms with E-state index in [1.165, 1.54) is 36.9 Å². The van der Waals surface area contributed by atoms with E-state index in [9.17, 15) is 22.7 Å². The number of fused-ring (bicyclic) bond motifs is 1. The van der Waals surface area contributed by atoms with Gasteiger partial charge in [-0.2, -0.15) is 5.26 Å². The molecular formula is C20H19FN4O4S. The van der Waals surface area contributed by atoms with Gasteiger partial charge in [-0.3, -0.25) is 4.79 Å². The van der Waals surface area contributed by atoms with Crippen LogP contribution in [0.15, 0.2) is 29.3 Å². The molecule has 0 aliphatic carbocycles. The molecule has 30 heavy (non-hydrogen) atoms. The maximum Gasteiger partial charge on any atom is 0.272 e. The number of aliphatic hydroxyl groups is 1. The number of aryl methyl sites for hydroxylation is 1. The average molecular weight is 430 g/mol. The summed E-state index contributed by atoms with van der Waals surface area (Å²) in [6.07, 6.45) is 6.97. The van der Waals surface area contributed by atoms with E-state index < -0.39 is 33.4 Å². The zero-order chi connectivity index (χ0) is 22.3. The van der Waals surface area contributed by atoms with E-state index in [4.69, 9.17) is 11.7 Å². The van der Waals surface area contributed by atoms with Crippen LogP contribution >= 0.6 is 0 Å². The van der Waals surface area contributed by atoms with Gasteiger partial charge in [0.05, 0.1) is 11.6 Å². The number of benzene rings is 1. The molecular weight excluding hydrogens is 411 g/mol. The first kappa shape index (κ1) is 21.5. The molecule has 2 heterocycles. The summed E-state index contributed by atoms with van der Waals surface area (Å²) >= 11 is 0. The molecule has 1 aliphatic heterocycles. The normalized spacial score (nSPS) is 19.5. The molecule has 3 rings (SSSR count). The number of nitriles is 1. The number of halogens is 1. The Morgan fingerprint density at radius 1 is 1.50 bits per heavy atom. The van der Waals surface area contributed by atoms with Crippen LogP contribution in [-0.2, 0) is 23.5 Å². The summed E-state index contributed by atoms with van der Waals surface area (Å²) in [6.45, 7) is 1.34. The second kappa shape index (κ2) is 7.58. The standard InChI is InChI=1S/C20H19FN4O4S/c1-4-20(2,27)17-8-6-14-16(30(28,29)24-17)11-25(3)18(14)19(26)23-13-5-7-15(21)12(9-13)10-22/h1,5,7,9,11,17,24,27H,6,8H2,2-3H3,(H,23,26)/t17-,20?/m1/s1. The molecule has 156 valence electrons. The molecule has 10 heteroatoms. The monoisotopic (exact) mass is 430 g/mol. The van der Waals surface area contributed by atoms with Crippen LogP contribution in [0.3, 0.4) is 0 Å². The number of amides is 1. The summed E-state index contributed by atoms with van der Waals surface area (Å²) in [5.74, 6) is 0.845. The number of sulfonamides is 1. The summed E-state index contributed by atoms with van der Waals surface area (Å²) < 4.78 is 42.9. The van der Waals surface area contributed by atoms with Gasteiger partial charge < -0.3 is 15.0 Å². The van der Waals surface area contributed by atoms with Crippen LogP contribution in [0.5, 0.6) is 0 Å². The van der Waals surface area contributed by atoms with Gasteiger partial charge in [0.25, 0.3) is 5.91 Å². The third-order valence-electron chi connectivity index (χ3n) is 5.05. The van der Waals surface area contributed by atoms with Gasteiger partial charge in [0.2, 0.25) is 10.0 Å². The van der Waals surface area contributed by atoms with E-state index in [0.29, 0.717) is 0 Å². The second-order valence-corrected chi connectivity index (χ2v) is 8.88. The Balaban J connectivity index is 1.99. The van der Waals surface area contributed by atoms with Gasteiger partial charge in [-0.15, -0.1) is 6.42 Å².